The minimum absolute atomic E-state index is 0.105. The van der Waals surface area contributed by atoms with Crippen LogP contribution in [0.2, 0.25) is 5.02 Å². The molecule has 1 aromatic heterocycles. The molecule has 1 aliphatic heterocycles. The average molecular weight is 473 g/mol. The van der Waals surface area contributed by atoms with E-state index in [1.54, 1.807) is 38.1 Å². The lowest BCUT2D eigenvalue weighted by Gasteiger charge is -2.28. The van der Waals surface area contributed by atoms with Gasteiger partial charge in [-0.1, -0.05) is 29.8 Å². The number of amides is 1. The molecule has 0 saturated carbocycles. The van der Waals surface area contributed by atoms with E-state index in [0.29, 0.717) is 26.9 Å². The number of aryl methyl sites for hydroxylation is 2. The first-order valence-electron chi connectivity index (χ1n) is 9.58. The molecule has 4 rings (SSSR count). The highest BCUT2D eigenvalue weighted by molar-refractivity contribution is 7.14. The van der Waals surface area contributed by atoms with E-state index in [4.69, 9.17) is 16.3 Å². The number of ketones is 1. The van der Waals surface area contributed by atoms with E-state index in [1.165, 1.54) is 35.5 Å². The normalized spacial score (nSPS) is 16.1. The molecular weight excluding hydrogens is 455 g/mol. The maximum atomic E-state index is 13.8. The number of rotatable bonds is 5. The van der Waals surface area contributed by atoms with Crippen molar-refractivity contribution in [2.45, 2.75) is 19.9 Å². The van der Waals surface area contributed by atoms with Crippen molar-refractivity contribution in [1.82, 2.24) is 4.98 Å². The SMILES string of the molecule is COc1ccccc1C1C(C(=O)c2sc(C)nc2C)=C(O)C(=O)N1c1ccc(F)c(Cl)c1. The number of aliphatic hydroxyl groups excluding tert-OH is 1. The molecular formula is C23H18ClFN2O4S. The lowest BCUT2D eigenvalue weighted by Crippen LogP contribution is -2.31. The fourth-order valence-corrected chi connectivity index (χ4v) is 4.84. The highest BCUT2D eigenvalue weighted by atomic mass is 35.5. The average Bonchev–Trinajstić information content (AvgIpc) is 3.25. The zero-order valence-corrected chi connectivity index (χ0v) is 18.9. The van der Waals surface area contributed by atoms with E-state index in [9.17, 15) is 19.1 Å². The predicted molar refractivity (Wildman–Crippen MR) is 120 cm³/mol. The Hall–Kier alpha value is -3.23. The summed E-state index contributed by atoms with van der Waals surface area (Å²) in [6.07, 6.45) is 0. The summed E-state index contributed by atoms with van der Waals surface area (Å²) in [5.41, 5.74) is 1.11. The molecule has 9 heteroatoms. The smallest absolute Gasteiger partial charge is 0.294 e. The van der Waals surface area contributed by atoms with Gasteiger partial charge in [0.05, 0.1) is 39.3 Å². The van der Waals surface area contributed by atoms with Crippen molar-refractivity contribution in [2.75, 3.05) is 12.0 Å². The number of carbonyl (C=O) groups is 2. The predicted octanol–water partition coefficient (Wildman–Crippen LogP) is 5.34. The summed E-state index contributed by atoms with van der Waals surface area (Å²) in [7, 11) is 1.47. The number of carbonyl (C=O) groups excluding carboxylic acids is 2. The van der Waals surface area contributed by atoms with E-state index in [-0.39, 0.29) is 16.3 Å². The van der Waals surface area contributed by atoms with Gasteiger partial charge in [0.15, 0.2) is 5.76 Å². The molecule has 0 saturated heterocycles. The second-order valence-corrected chi connectivity index (χ2v) is 8.77. The molecule has 0 radical (unpaired) electrons. The van der Waals surface area contributed by atoms with Gasteiger partial charge in [0.2, 0.25) is 5.78 Å². The van der Waals surface area contributed by atoms with Crippen LogP contribution in [0.25, 0.3) is 0 Å². The van der Waals surface area contributed by atoms with Crippen LogP contribution in [0, 0.1) is 19.7 Å². The van der Waals surface area contributed by atoms with Crippen LogP contribution < -0.4 is 9.64 Å². The number of thiazole rings is 1. The van der Waals surface area contributed by atoms with Crippen LogP contribution in [-0.4, -0.2) is 28.9 Å². The first kappa shape index (κ1) is 22.0. The third-order valence-electron chi connectivity index (χ3n) is 5.18. The van der Waals surface area contributed by atoms with Gasteiger partial charge in [-0.05, 0) is 38.1 Å². The monoisotopic (exact) mass is 472 g/mol. The minimum atomic E-state index is -1.02. The molecule has 3 aromatic rings. The number of hydrogen-bond acceptors (Lipinski definition) is 6. The lowest BCUT2D eigenvalue weighted by atomic mass is 9.94. The molecule has 1 unspecified atom stereocenters. The fourth-order valence-electron chi connectivity index (χ4n) is 3.79. The summed E-state index contributed by atoms with van der Waals surface area (Å²) >= 11 is 7.14. The quantitative estimate of drug-likeness (QED) is 0.507. The van der Waals surface area contributed by atoms with Gasteiger partial charge in [-0.15, -0.1) is 11.3 Å². The summed E-state index contributed by atoms with van der Waals surface area (Å²) < 4.78 is 19.3. The molecule has 1 aliphatic rings. The van der Waals surface area contributed by atoms with Crippen LogP contribution >= 0.6 is 22.9 Å². The van der Waals surface area contributed by atoms with Gasteiger partial charge in [-0.25, -0.2) is 9.37 Å². The second-order valence-electron chi connectivity index (χ2n) is 7.16. The number of halogens is 2. The highest BCUT2D eigenvalue weighted by Gasteiger charge is 2.46. The van der Waals surface area contributed by atoms with E-state index in [1.807, 2.05) is 0 Å². The molecule has 32 heavy (non-hydrogen) atoms. The molecule has 1 amide bonds. The number of aliphatic hydroxyl groups is 1. The summed E-state index contributed by atoms with van der Waals surface area (Å²) in [4.78, 5) is 32.6. The van der Waals surface area contributed by atoms with Crippen molar-refractivity contribution >= 4 is 40.3 Å². The molecule has 0 spiro atoms. The molecule has 0 bridgehead atoms. The van der Waals surface area contributed by atoms with E-state index >= 15 is 0 Å². The first-order chi connectivity index (χ1) is 15.2. The Morgan fingerprint density at radius 2 is 1.97 bits per heavy atom. The first-order valence-corrected chi connectivity index (χ1v) is 10.8. The number of nitrogens with zero attached hydrogens (tertiary/aromatic N) is 2. The van der Waals surface area contributed by atoms with Crippen LogP contribution in [0.1, 0.15) is 32.0 Å². The third-order valence-corrected chi connectivity index (χ3v) is 6.54. The van der Waals surface area contributed by atoms with Crippen molar-refractivity contribution in [3.63, 3.8) is 0 Å². The van der Waals surface area contributed by atoms with Crippen molar-refractivity contribution in [3.8, 4) is 5.75 Å². The maximum Gasteiger partial charge on any atom is 0.294 e. The second kappa shape index (κ2) is 8.37. The molecule has 2 heterocycles. The lowest BCUT2D eigenvalue weighted by molar-refractivity contribution is -0.117. The Morgan fingerprint density at radius 3 is 2.59 bits per heavy atom. The minimum Gasteiger partial charge on any atom is -0.503 e. The highest BCUT2D eigenvalue weighted by Crippen LogP contribution is 2.45. The van der Waals surface area contributed by atoms with Crippen LogP contribution in [-0.2, 0) is 4.79 Å². The summed E-state index contributed by atoms with van der Waals surface area (Å²) in [5, 5.41) is 11.3. The number of ether oxygens (including phenoxy) is 1. The van der Waals surface area contributed by atoms with Crippen molar-refractivity contribution < 1.29 is 23.8 Å². The molecule has 164 valence electrons. The Bertz CT molecular complexity index is 1290. The molecule has 1 atom stereocenters. The van der Waals surface area contributed by atoms with E-state index < -0.39 is 29.3 Å². The fraction of sp³-hybridized carbons (Fsp3) is 0.174. The van der Waals surface area contributed by atoms with E-state index in [2.05, 4.69) is 4.98 Å². The van der Waals surface area contributed by atoms with Gasteiger partial charge in [-0.2, -0.15) is 0 Å². The van der Waals surface area contributed by atoms with Crippen molar-refractivity contribution in [3.05, 3.63) is 85.8 Å². The number of para-hydroxylation sites is 1. The van der Waals surface area contributed by atoms with Gasteiger partial charge in [0, 0.05) is 11.3 Å². The largest absolute Gasteiger partial charge is 0.503 e. The van der Waals surface area contributed by atoms with Crippen LogP contribution in [0.4, 0.5) is 10.1 Å². The zero-order valence-electron chi connectivity index (χ0n) is 17.3. The molecule has 1 N–H and O–H groups in total. The number of methoxy groups -OCH3 is 1. The number of Topliss-reactive ketones (excluding diaryl/α,β-unsaturated/α-hetero) is 1. The van der Waals surface area contributed by atoms with Crippen LogP contribution in [0.15, 0.2) is 53.8 Å². The zero-order chi connectivity index (χ0) is 23.2. The summed E-state index contributed by atoms with van der Waals surface area (Å²) in [5.74, 6) is -2.23. The number of aromatic nitrogens is 1. The number of benzene rings is 2. The Morgan fingerprint density at radius 1 is 1.25 bits per heavy atom. The molecule has 6 nitrogen and oxygen atoms in total. The van der Waals surface area contributed by atoms with Gasteiger partial charge < -0.3 is 9.84 Å². The van der Waals surface area contributed by atoms with Gasteiger partial charge >= 0.3 is 0 Å². The Labute approximate surface area is 192 Å². The third kappa shape index (κ3) is 3.55. The van der Waals surface area contributed by atoms with Crippen LogP contribution in [0.5, 0.6) is 5.75 Å². The maximum absolute atomic E-state index is 13.8. The molecule has 2 aromatic carbocycles. The van der Waals surface area contributed by atoms with Gasteiger partial charge in [0.1, 0.15) is 11.6 Å². The topological polar surface area (TPSA) is 79.7 Å². The number of anilines is 1. The Kier molecular flexibility index (Phi) is 5.75. The summed E-state index contributed by atoms with van der Waals surface area (Å²) in [6.45, 7) is 3.47. The Balaban J connectivity index is 1.94. The molecule has 0 fully saturated rings. The number of hydrogen-bond donors (Lipinski definition) is 1. The van der Waals surface area contributed by atoms with E-state index in [0.717, 1.165) is 6.07 Å². The van der Waals surface area contributed by atoms with Crippen molar-refractivity contribution in [2.24, 2.45) is 0 Å². The summed E-state index contributed by atoms with van der Waals surface area (Å²) in [6, 6.07) is 9.62. The van der Waals surface area contributed by atoms with Gasteiger partial charge in [0.25, 0.3) is 5.91 Å². The molecule has 0 aliphatic carbocycles. The van der Waals surface area contributed by atoms with Gasteiger partial charge in [-0.3, -0.25) is 14.5 Å². The van der Waals surface area contributed by atoms with Crippen molar-refractivity contribution in [1.29, 1.82) is 0 Å². The van der Waals surface area contributed by atoms with Crippen LogP contribution in [0.3, 0.4) is 0 Å². The standard InChI is InChI=1S/C23H18ClFN2O4S/c1-11-22(32-12(2)26-11)20(28)18-19(14-6-4-5-7-17(14)31-3)27(23(30)21(18)29)13-8-9-16(25)15(24)10-13/h4-10,19,29H,1-3H3.